The molecule has 0 saturated heterocycles. The van der Waals surface area contributed by atoms with Gasteiger partial charge in [0, 0.05) is 5.56 Å². The van der Waals surface area contributed by atoms with Crippen LogP contribution in [0, 0.1) is 11.6 Å². The number of aromatic nitrogens is 1. The van der Waals surface area contributed by atoms with Gasteiger partial charge in [-0.25, -0.2) is 13.6 Å². The number of carboxylic acid groups (broad SMARTS) is 1. The van der Waals surface area contributed by atoms with Crippen LogP contribution in [0.2, 0.25) is 0 Å². The van der Waals surface area contributed by atoms with Crippen LogP contribution >= 0.6 is 11.3 Å². The van der Waals surface area contributed by atoms with Gasteiger partial charge < -0.3 is 14.4 Å². The van der Waals surface area contributed by atoms with Gasteiger partial charge >= 0.3 is 12.3 Å². The highest BCUT2D eigenvalue weighted by Crippen LogP contribution is 2.27. The normalized spacial score (nSPS) is 13.4. The number of carboxylic acids is 1. The Morgan fingerprint density at radius 2 is 1.94 bits per heavy atom. The molecule has 3 rings (SSSR count). The second kappa shape index (κ2) is 8.46. The fraction of sp³-hybridized carbons (Fsp3) is 0.211. The maximum absolute atomic E-state index is 14.3. The molecule has 0 radical (unpaired) electrons. The smallest absolute Gasteiger partial charge is 0.480 e. The minimum absolute atomic E-state index is 0.0128. The van der Waals surface area contributed by atoms with Crippen LogP contribution < -0.4 is 9.54 Å². The van der Waals surface area contributed by atoms with Gasteiger partial charge in [0.05, 0.1) is 10.2 Å². The number of amides is 1. The number of carbonyl (C=O) groups excluding carboxylic acids is 1. The molecule has 2 aromatic carbocycles. The molecular formula is C19H13F5N2O4S. The maximum Gasteiger partial charge on any atom is 0.573 e. The predicted octanol–water partition coefficient (Wildman–Crippen LogP) is 4.66. The van der Waals surface area contributed by atoms with Gasteiger partial charge in [-0.1, -0.05) is 24.3 Å². The van der Waals surface area contributed by atoms with E-state index in [2.05, 4.69) is 9.73 Å². The number of hydrogen-bond acceptors (Lipinski definition) is 4. The van der Waals surface area contributed by atoms with Crippen LogP contribution in [-0.4, -0.2) is 27.9 Å². The van der Waals surface area contributed by atoms with Crippen molar-refractivity contribution in [2.24, 2.45) is 4.99 Å². The number of ether oxygens (including phenoxy) is 1. The molecule has 1 atom stereocenters. The van der Waals surface area contributed by atoms with Crippen molar-refractivity contribution in [1.82, 2.24) is 4.57 Å². The number of halogens is 5. The lowest BCUT2D eigenvalue weighted by atomic mass is 10.2. The standard InChI is InChI=1S/C19H13F5N2O4S/c1-2-12(17(28)29)26-13-7-6-11(20)14(21)15(13)31-18(26)25-16(27)9-4-3-5-10(8-9)30-19(22,23)24/h3-8,12H,2H2,1H3,(H,28,29). The van der Waals surface area contributed by atoms with Gasteiger partial charge in [0.2, 0.25) is 0 Å². The number of rotatable bonds is 5. The van der Waals surface area contributed by atoms with Crippen molar-refractivity contribution in [3.8, 4) is 5.75 Å². The monoisotopic (exact) mass is 460 g/mol. The third-order valence-electron chi connectivity index (χ3n) is 4.18. The first-order valence-corrected chi connectivity index (χ1v) is 9.50. The molecule has 3 aromatic rings. The topological polar surface area (TPSA) is 80.9 Å². The van der Waals surface area contributed by atoms with Gasteiger partial charge in [0.15, 0.2) is 16.4 Å². The summed E-state index contributed by atoms with van der Waals surface area (Å²) in [4.78, 5) is 27.8. The molecule has 0 bridgehead atoms. The van der Waals surface area contributed by atoms with Crippen LogP contribution in [0.25, 0.3) is 10.2 Å². The Morgan fingerprint density at radius 3 is 2.55 bits per heavy atom. The number of nitrogens with zero attached hydrogens (tertiary/aromatic N) is 2. The number of alkyl halides is 3. The summed E-state index contributed by atoms with van der Waals surface area (Å²) < 4.78 is 69.7. The van der Waals surface area contributed by atoms with E-state index >= 15 is 0 Å². The Morgan fingerprint density at radius 1 is 1.23 bits per heavy atom. The lowest BCUT2D eigenvalue weighted by Gasteiger charge is -2.13. The van der Waals surface area contributed by atoms with Gasteiger partial charge in [-0.2, -0.15) is 4.99 Å². The number of benzene rings is 2. The Kier molecular flexibility index (Phi) is 6.11. The minimum atomic E-state index is -4.97. The first kappa shape index (κ1) is 22.4. The van der Waals surface area contributed by atoms with Gasteiger partial charge in [-0.3, -0.25) is 4.79 Å². The average molecular weight is 460 g/mol. The zero-order valence-electron chi connectivity index (χ0n) is 15.6. The third kappa shape index (κ3) is 4.74. The number of hydrogen-bond donors (Lipinski definition) is 1. The average Bonchev–Trinajstić information content (AvgIpc) is 3.03. The van der Waals surface area contributed by atoms with Crippen LogP contribution in [0.15, 0.2) is 41.4 Å². The summed E-state index contributed by atoms with van der Waals surface area (Å²) in [5.74, 6) is -5.36. The molecule has 0 aliphatic rings. The molecule has 31 heavy (non-hydrogen) atoms. The van der Waals surface area contributed by atoms with Crippen LogP contribution in [0.4, 0.5) is 22.0 Å². The van der Waals surface area contributed by atoms with Crippen molar-refractivity contribution in [2.45, 2.75) is 25.7 Å². The van der Waals surface area contributed by atoms with Gasteiger partial charge in [-0.15, -0.1) is 13.2 Å². The van der Waals surface area contributed by atoms with Crippen molar-refractivity contribution < 1.29 is 41.4 Å². The fourth-order valence-corrected chi connectivity index (χ4v) is 3.97. The second-order valence-corrected chi connectivity index (χ2v) is 7.20. The summed E-state index contributed by atoms with van der Waals surface area (Å²) in [6.07, 6.45) is -4.93. The van der Waals surface area contributed by atoms with E-state index in [-0.39, 0.29) is 27.0 Å². The van der Waals surface area contributed by atoms with Crippen molar-refractivity contribution in [1.29, 1.82) is 0 Å². The summed E-state index contributed by atoms with van der Waals surface area (Å²) in [6, 6.07) is 4.86. The van der Waals surface area contributed by atoms with Crippen molar-refractivity contribution in [3.63, 3.8) is 0 Å². The summed E-state index contributed by atoms with van der Waals surface area (Å²) in [7, 11) is 0. The highest BCUT2D eigenvalue weighted by Gasteiger charge is 2.31. The number of fused-ring (bicyclic) bond motifs is 1. The van der Waals surface area contributed by atoms with E-state index in [9.17, 15) is 36.6 Å². The molecule has 1 aromatic heterocycles. The molecule has 1 amide bonds. The maximum atomic E-state index is 14.3. The molecule has 1 unspecified atom stereocenters. The zero-order chi connectivity index (χ0) is 22.9. The van der Waals surface area contributed by atoms with Crippen LogP contribution in [0.1, 0.15) is 29.7 Å². The van der Waals surface area contributed by atoms with Crippen LogP contribution in [-0.2, 0) is 4.79 Å². The van der Waals surface area contributed by atoms with E-state index in [0.717, 1.165) is 34.9 Å². The van der Waals surface area contributed by atoms with Gasteiger partial charge in [0.25, 0.3) is 5.91 Å². The summed E-state index contributed by atoms with van der Waals surface area (Å²) >= 11 is 0.549. The quantitative estimate of drug-likeness (QED) is 0.562. The number of aliphatic carboxylic acids is 1. The number of carbonyl (C=O) groups is 2. The third-order valence-corrected chi connectivity index (χ3v) is 5.25. The summed E-state index contributed by atoms with van der Waals surface area (Å²) in [5.41, 5.74) is -0.264. The first-order chi connectivity index (χ1) is 14.5. The van der Waals surface area contributed by atoms with E-state index < -0.39 is 41.7 Å². The van der Waals surface area contributed by atoms with E-state index in [1.54, 1.807) is 6.92 Å². The zero-order valence-corrected chi connectivity index (χ0v) is 16.4. The molecule has 0 spiro atoms. The molecule has 0 saturated carbocycles. The van der Waals surface area contributed by atoms with E-state index in [0.29, 0.717) is 11.3 Å². The lowest BCUT2D eigenvalue weighted by molar-refractivity contribution is -0.274. The SMILES string of the molecule is CCC(C(=O)O)n1c(=NC(=O)c2cccc(OC(F)(F)F)c2)sc2c(F)c(F)ccc21. The molecule has 0 aliphatic heterocycles. The van der Waals surface area contributed by atoms with Crippen LogP contribution in [0.3, 0.4) is 0 Å². The van der Waals surface area contributed by atoms with Crippen molar-refractivity contribution >= 4 is 33.4 Å². The minimum Gasteiger partial charge on any atom is -0.480 e. The molecule has 0 aliphatic carbocycles. The lowest BCUT2D eigenvalue weighted by Crippen LogP contribution is -2.27. The molecule has 1 heterocycles. The van der Waals surface area contributed by atoms with E-state index in [4.69, 9.17) is 0 Å². The fourth-order valence-electron chi connectivity index (χ4n) is 2.88. The first-order valence-electron chi connectivity index (χ1n) is 8.68. The molecule has 12 heteroatoms. The Labute approximate surface area is 174 Å². The largest absolute Gasteiger partial charge is 0.573 e. The highest BCUT2D eigenvalue weighted by atomic mass is 32.1. The predicted molar refractivity (Wildman–Crippen MR) is 99.7 cm³/mol. The Bertz CT molecular complexity index is 1230. The summed E-state index contributed by atoms with van der Waals surface area (Å²) in [5, 5.41) is 9.51. The Balaban J connectivity index is 2.17. The molecule has 0 fully saturated rings. The van der Waals surface area contributed by atoms with Crippen LogP contribution in [0.5, 0.6) is 5.75 Å². The molecule has 164 valence electrons. The van der Waals surface area contributed by atoms with Gasteiger partial charge in [0.1, 0.15) is 11.8 Å². The second-order valence-electron chi connectivity index (χ2n) is 6.22. The molecular weight excluding hydrogens is 447 g/mol. The summed E-state index contributed by atoms with van der Waals surface area (Å²) in [6.45, 7) is 1.54. The van der Waals surface area contributed by atoms with E-state index in [1.807, 2.05) is 0 Å². The molecule has 6 nitrogen and oxygen atoms in total. The number of thiazole rings is 1. The van der Waals surface area contributed by atoms with Crippen molar-refractivity contribution in [2.75, 3.05) is 0 Å². The van der Waals surface area contributed by atoms with Gasteiger partial charge in [-0.05, 0) is 36.8 Å². The van der Waals surface area contributed by atoms with Crippen molar-refractivity contribution in [3.05, 3.63) is 58.4 Å². The molecule has 1 N–H and O–H groups in total. The van der Waals surface area contributed by atoms with E-state index in [1.165, 1.54) is 6.07 Å². The Hall–Kier alpha value is -3.28. The highest BCUT2D eigenvalue weighted by molar-refractivity contribution is 7.16.